The second kappa shape index (κ2) is 6.92. The number of benzene rings is 1. The molecule has 0 saturated heterocycles. The number of unbranched alkanes of at least 4 members (excludes halogenated alkanes) is 1. The zero-order chi connectivity index (χ0) is 14.5. The van der Waals surface area contributed by atoms with Crippen molar-refractivity contribution in [2.24, 2.45) is 11.8 Å². The van der Waals surface area contributed by atoms with Crippen molar-refractivity contribution in [1.82, 2.24) is 5.32 Å². The predicted octanol–water partition coefficient (Wildman–Crippen LogP) is 4.25. The molecule has 1 N–H and O–H groups in total. The lowest BCUT2D eigenvalue weighted by Crippen LogP contribution is -2.32. The van der Waals surface area contributed by atoms with E-state index in [4.69, 9.17) is 0 Å². The second-order valence-electron chi connectivity index (χ2n) is 6.35. The van der Waals surface area contributed by atoms with Gasteiger partial charge in [-0.05, 0) is 42.7 Å². The summed E-state index contributed by atoms with van der Waals surface area (Å²) in [6, 6.07) is 8.93. The van der Waals surface area contributed by atoms with Crippen LogP contribution in [0.5, 0.6) is 0 Å². The van der Waals surface area contributed by atoms with Crippen molar-refractivity contribution in [3.05, 3.63) is 35.4 Å². The molecule has 1 aliphatic rings. The first-order valence-electron chi connectivity index (χ1n) is 8.01. The Morgan fingerprint density at radius 3 is 2.40 bits per heavy atom. The Kier molecular flexibility index (Phi) is 5.22. The zero-order valence-corrected chi connectivity index (χ0v) is 13.0. The quantitative estimate of drug-likeness (QED) is 0.790. The number of hydrogen-bond donors (Lipinski definition) is 1. The number of hydrogen-bond acceptors (Lipinski definition) is 1. The van der Waals surface area contributed by atoms with E-state index in [1.807, 2.05) is 0 Å². The highest BCUT2D eigenvalue weighted by Gasteiger charge is 2.31. The minimum absolute atomic E-state index is 0.142. The molecule has 0 spiro atoms. The Morgan fingerprint density at radius 2 is 1.90 bits per heavy atom. The van der Waals surface area contributed by atoms with Gasteiger partial charge in [-0.1, -0.05) is 51.5 Å². The van der Waals surface area contributed by atoms with Gasteiger partial charge in [-0.2, -0.15) is 0 Å². The van der Waals surface area contributed by atoms with Crippen molar-refractivity contribution in [2.45, 2.75) is 58.9 Å². The number of nitrogens with one attached hydrogen (secondary N) is 1. The SMILES string of the molecule is CCCCc1ccc(C(NC(=O)C2CC2)C(C)C)cc1. The molecule has 1 unspecified atom stereocenters. The van der Waals surface area contributed by atoms with Gasteiger partial charge in [0.1, 0.15) is 0 Å². The molecule has 2 nitrogen and oxygen atoms in total. The van der Waals surface area contributed by atoms with Crippen LogP contribution in [0.3, 0.4) is 0 Å². The predicted molar refractivity (Wildman–Crippen MR) is 83.5 cm³/mol. The summed E-state index contributed by atoms with van der Waals surface area (Å²) < 4.78 is 0. The molecule has 0 bridgehead atoms. The van der Waals surface area contributed by atoms with Gasteiger partial charge in [0.05, 0.1) is 6.04 Å². The molecule has 1 amide bonds. The second-order valence-corrected chi connectivity index (χ2v) is 6.35. The molecule has 2 heteroatoms. The molecule has 1 saturated carbocycles. The van der Waals surface area contributed by atoms with E-state index in [2.05, 4.69) is 50.4 Å². The highest BCUT2D eigenvalue weighted by Crippen LogP contribution is 2.31. The molecule has 1 aromatic rings. The molecule has 20 heavy (non-hydrogen) atoms. The molecule has 2 rings (SSSR count). The lowest BCUT2D eigenvalue weighted by atomic mass is 9.94. The molecule has 0 heterocycles. The fraction of sp³-hybridized carbons (Fsp3) is 0.611. The van der Waals surface area contributed by atoms with E-state index in [1.54, 1.807) is 0 Å². The van der Waals surface area contributed by atoms with Crippen LogP contribution in [0.25, 0.3) is 0 Å². The molecule has 1 aliphatic carbocycles. The van der Waals surface area contributed by atoms with E-state index in [0.29, 0.717) is 5.92 Å². The number of amides is 1. The summed E-state index contributed by atoms with van der Waals surface area (Å²) in [6.45, 7) is 6.56. The normalized spacial score (nSPS) is 16.2. The molecule has 0 aliphatic heterocycles. The highest BCUT2D eigenvalue weighted by atomic mass is 16.2. The van der Waals surface area contributed by atoms with E-state index in [1.165, 1.54) is 24.0 Å². The number of rotatable bonds is 7. The van der Waals surface area contributed by atoms with Crippen LogP contribution in [0.15, 0.2) is 24.3 Å². The monoisotopic (exact) mass is 273 g/mol. The molecule has 110 valence electrons. The van der Waals surface area contributed by atoms with E-state index in [-0.39, 0.29) is 17.9 Å². The van der Waals surface area contributed by atoms with Gasteiger partial charge in [-0.3, -0.25) is 4.79 Å². The number of carbonyl (C=O) groups excluding carboxylic acids is 1. The van der Waals surface area contributed by atoms with Crippen LogP contribution in [-0.2, 0) is 11.2 Å². The maximum Gasteiger partial charge on any atom is 0.223 e. The van der Waals surface area contributed by atoms with Gasteiger partial charge < -0.3 is 5.32 Å². The molecular weight excluding hydrogens is 246 g/mol. The van der Waals surface area contributed by atoms with Gasteiger partial charge in [0.15, 0.2) is 0 Å². The fourth-order valence-corrected chi connectivity index (χ4v) is 2.52. The number of aryl methyl sites for hydroxylation is 1. The Bertz CT molecular complexity index is 431. The van der Waals surface area contributed by atoms with E-state index in [9.17, 15) is 4.79 Å². The summed E-state index contributed by atoms with van der Waals surface area (Å²) in [6.07, 6.45) is 5.75. The van der Waals surface area contributed by atoms with Gasteiger partial charge in [0.25, 0.3) is 0 Å². The van der Waals surface area contributed by atoms with E-state index in [0.717, 1.165) is 19.3 Å². The first-order valence-corrected chi connectivity index (χ1v) is 8.01. The summed E-state index contributed by atoms with van der Waals surface area (Å²) in [5.41, 5.74) is 2.63. The fourth-order valence-electron chi connectivity index (χ4n) is 2.52. The Labute approximate surface area is 123 Å². The maximum atomic E-state index is 12.0. The van der Waals surface area contributed by atoms with Crippen LogP contribution >= 0.6 is 0 Å². The first kappa shape index (κ1) is 15.1. The zero-order valence-electron chi connectivity index (χ0n) is 13.0. The maximum absolute atomic E-state index is 12.0. The van der Waals surface area contributed by atoms with Crippen molar-refractivity contribution >= 4 is 5.91 Å². The minimum atomic E-state index is 0.142. The van der Waals surface area contributed by atoms with Crippen LogP contribution in [0.1, 0.15) is 63.6 Å². The van der Waals surface area contributed by atoms with Crippen molar-refractivity contribution in [1.29, 1.82) is 0 Å². The Hall–Kier alpha value is -1.31. The van der Waals surface area contributed by atoms with E-state index >= 15 is 0 Å². The van der Waals surface area contributed by atoms with Gasteiger partial charge in [0.2, 0.25) is 5.91 Å². The van der Waals surface area contributed by atoms with Crippen LogP contribution in [-0.4, -0.2) is 5.91 Å². The standard InChI is InChI=1S/C18H27NO/c1-4-5-6-14-7-9-15(10-8-14)17(13(2)3)19-18(20)16-11-12-16/h7-10,13,16-17H,4-6,11-12H2,1-3H3,(H,19,20). The summed E-state index contributed by atoms with van der Waals surface area (Å²) in [5.74, 6) is 0.929. The van der Waals surface area contributed by atoms with E-state index < -0.39 is 0 Å². The summed E-state index contributed by atoms with van der Waals surface area (Å²) >= 11 is 0. The van der Waals surface area contributed by atoms with Crippen molar-refractivity contribution in [2.75, 3.05) is 0 Å². The summed E-state index contributed by atoms with van der Waals surface area (Å²) in [7, 11) is 0. The minimum Gasteiger partial charge on any atom is -0.349 e. The lowest BCUT2D eigenvalue weighted by molar-refractivity contribution is -0.123. The molecule has 0 radical (unpaired) electrons. The van der Waals surface area contributed by atoms with Crippen LogP contribution in [0, 0.1) is 11.8 Å². The van der Waals surface area contributed by atoms with Crippen LogP contribution in [0.2, 0.25) is 0 Å². The van der Waals surface area contributed by atoms with Crippen LogP contribution in [0.4, 0.5) is 0 Å². The lowest BCUT2D eigenvalue weighted by Gasteiger charge is -2.23. The Morgan fingerprint density at radius 1 is 1.25 bits per heavy atom. The topological polar surface area (TPSA) is 29.1 Å². The van der Waals surface area contributed by atoms with Gasteiger partial charge in [-0.15, -0.1) is 0 Å². The molecule has 1 fully saturated rings. The smallest absolute Gasteiger partial charge is 0.223 e. The molecule has 0 aromatic heterocycles. The molecular formula is C18H27NO. The highest BCUT2D eigenvalue weighted by molar-refractivity contribution is 5.81. The summed E-state index contributed by atoms with van der Waals surface area (Å²) in [5, 5.41) is 3.22. The van der Waals surface area contributed by atoms with Crippen LogP contribution < -0.4 is 5.32 Å². The third-order valence-electron chi connectivity index (χ3n) is 4.07. The van der Waals surface area contributed by atoms with Crippen molar-refractivity contribution in [3.8, 4) is 0 Å². The average Bonchev–Trinajstić information content (AvgIpc) is 3.27. The largest absolute Gasteiger partial charge is 0.349 e. The van der Waals surface area contributed by atoms with Gasteiger partial charge >= 0.3 is 0 Å². The van der Waals surface area contributed by atoms with Crippen molar-refractivity contribution < 1.29 is 4.79 Å². The first-order chi connectivity index (χ1) is 9.61. The summed E-state index contributed by atoms with van der Waals surface area (Å²) in [4.78, 5) is 12.0. The van der Waals surface area contributed by atoms with Crippen molar-refractivity contribution in [3.63, 3.8) is 0 Å². The molecule has 1 atom stereocenters. The van der Waals surface area contributed by atoms with Gasteiger partial charge in [0, 0.05) is 5.92 Å². The molecule has 1 aromatic carbocycles. The number of carbonyl (C=O) groups is 1. The average molecular weight is 273 g/mol. The third-order valence-corrected chi connectivity index (χ3v) is 4.07. The third kappa shape index (κ3) is 4.09. The Balaban J connectivity index is 2.02. The van der Waals surface area contributed by atoms with Gasteiger partial charge in [-0.25, -0.2) is 0 Å².